The molecule has 1 rings (SSSR count). The van der Waals surface area contributed by atoms with Crippen LogP contribution < -0.4 is 5.32 Å². The molecule has 1 aromatic rings. The number of nitriles is 1. The maximum atomic E-state index is 11.8. The van der Waals surface area contributed by atoms with E-state index in [0.717, 1.165) is 11.3 Å². The van der Waals surface area contributed by atoms with Crippen molar-refractivity contribution in [2.45, 2.75) is 31.0 Å². The minimum Gasteiger partial charge on any atom is -0.352 e. The molecule has 1 atom stereocenters. The van der Waals surface area contributed by atoms with Crippen LogP contribution in [0.1, 0.15) is 23.7 Å². The Balaban J connectivity index is 2.90. The van der Waals surface area contributed by atoms with Gasteiger partial charge in [-0.2, -0.15) is 5.26 Å². The number of nitrogens with one attached hydrogen (secondary N) is 1. The second kappa shape index (κ2) is 6.95. The molecule has 0 bridgehead atoms. The molecule has 1 N–H and O–H groups in total. The summed E-state index contributed by atoms with van der Waals surface area (Å²) in [6.45, 7) is 9.53. The molecule has 1 heterocycles. The van der Waals surface area contributed by atoms with E-state index in [9.17, 15) is 4.79 Å². The third-order valence-corrected chi connectivity index (χ3v) is 3.59. The average Bonchev–Trinajstić information content (AvgIpc) is 2.35. The van der Waals surface area contributed by atoms with Crippen molar-refractivity contribution in [1.29, 1.82) is 5.26 Å². The van der Waals surface area contributed by atoms with Gasteiger partial charge in [0.1, 0.15) is 11.1 Å². The van der Waals surface area contributed by atoms with Crippen LogP contribution >= 0.6 is 11.8 Å². The highest BCUT2D eigenvalue weighted by molar-refractivity contribution is 8.00. The molecule has 0 spiro atoms. The summed E-state index contributed by atoms with van der Waals surface area (Å²) >= 11 is 1.30. The van der Waals surface area contributed by atoms with E-state index >= 15 is 0 Å². The molecule has 19 heavy (non-hydrogen) atoms. The first kappa shape index (κ1) is 15.3. The molecule has 0 saturated carbocycles. The number of carbonyl (C=O) groups is 1. The van der Waals surface area contributed by atoms with Gasteiger partial charge in [-0.15, -0.1) is 6.58 Å². The Morgan fingerprint density at radius 3 is 2.95 bits per heavy atom. The third kappa shape index (κ3) is 4.11. The predicted octanol–water partition coefficient (Wildman–Crippen LogP) is 2.35. The molecule has 100 valence electrons. The smallest absolute Gasteiger partial charge is 0.233 e. The fourth-order valence-corrected chi connectivity index (χ4v) is 2.61. The van der Waals surface area contributed by atoms with Gasteiger partial charge in [0.15, 0.2) is 0 Å². The van der Waals surface area contributed by atoms with Gasteiger partial charge in [0.25, 0.3) is 0 Å². The standard InChI is InChI=1S/C14H17N3OS/c1-5-6-16-13(18)11(4)19-14-12(8-15)9(2)7-10(3)17-14/h5,7,11H,1,6H2,2-4H3,(H,16,18). The van der Waals surface area contributed by atoms with E-state index in [1.54, 1.807) is 13.0 Å². The molecule has 0 saturated heterocycles. The Hall–Kier alpha value is -1.80. The number of hydrogen-bond donors (Lipinski definition) is 1. The molecule has 1 aromatic heterocycles. The van der Waals surface area contributed by atoms with Crippen molar-refractivity contribution in [2.24, 2.45) is 0 Å². The zero-order chi connectivity index (χ0) is 14.4. The number of pyridine rings is 1. The zero-order valence-corrected chi connectivity index (χ0v) is 12.2. The van der Waals surface area contributed by atoms with Crippen molar-refractivity contribution in [3.8, 4) is 6.07 Å². The number of carbonyl (C=O) groups excluding carboxylic acids is 1. The normalized spacial score (nSPS) is 11.5. The highest BCUT2D eigenvalue weighted by Gasteiger charge is 2.18. The largest absolute Gasteiger partial charge is 0.352 e. The van der Waals surface area contributed by atoms with Gasteiger partial charge < -0.3 is 5.32 Å². The molecule has 1 unspecified atom stereocenters. The molecule has 4 nitrogen and oxygen atoms in total. The molecule has 0 fully saturated rings. The number of rotatable bonds is 5. The van der Waals surface area contributed by atoms with Crippen molar-refractivity contribution >= 4 is 17.7 Å². The zero-order valence-electron chi connectivity index (χ0n) is 11.4. The van der Waals surface area contributed by atoms with Crippen molar-refractivity contribution < 1.29 is 4.79 Å². The topological polar surface area (TPSA) is 65.8 Å². The Labute approximate surface area is 117 Å². The number of aryl methyl sites for hydroxylation is 2. The van der Waals surface area contributed by atoms with Crippen LogP contribution in [0.3, 0.4) is 0 Å². The number of nitrogens with zero attached hydrogens (tertiary/aromatic N) is 2. The van der Waals surface area contributed by atoms with Gasteiger partial charge in [0, 0.05) is 12.2 Å². The van der Waals surface area contributed by atoms with Gasteiger partial charge in [-0.3, -0.25) is 4.79 Å². The van der Waals surface area contributed by atoms with E-state index in [1.165, 1.54) is 11.8 Å². The van der Waals surface area contributed by atoms with E-state index in [1.807, 2.05) is 19.9 Å². The van der Waals surface area contributed by atoms with Crippen LogP contribution in [-0.2, 0) is 4.79 Å². The molecule has 0 aliphatic rings. The third-order valence-electron chi connectivity index (χ3n) is 2.50. The summed E-state index contributed by atoms with van der Waals surface area (Å²) in [6, 6.07) is 4.01. The quantitative estimate of drug-likeness (QED) is 0.661. The molecule has 1 amide bonds. The molecular formula is C14H17N3OS. The Kier molecular flexibility index (Phi) is 5.58. The monoisotopic (exact) mass is 275 g/mol. The van der Waals surface area contributed by atoms with E-state index in [2.05, 4.69) is 22.9 Å². The lowest BCUT2D eigenvalue weighted by Gasteiger charge is -2.12. The van der Waals surface area contributed by atoms with Crippen molar-refractivity contribution in [3.63, 3.8) is 0 Å². The highest BCUT2D eigenvalue weighted by atomic mass is 32.2. The first-order chi connectivity index (χ1) is 8.99. The van der Waals surface area contributed by atoms with Gasteiger partial charge in [0.2, 0.25) is 5.91 Å². The van der Waals surface area contributed by atoms with Crippen LogP contribution in [0.25, 0.3) is 0 Å². The number of hydrogen-bond acceptors (Lipinski definition) is 4. The summed E-state index contributed by atoms with van der Waals surface area (Å²) in [5.74, 6) is -0.0882. The van der Waals surface area contributed by atoms with E-state index in [4.69, 9.17) is 5.26 Å². The second-order valence-electron chi connectivity index (χ2n) is 4.17. The van der Waals surface area contributed by atoms with Gasteiger partial charge in [0.05, 0.1) is 10.8 Å². The van der Waals surface area contributed by atoms with Crippen molar-refractivity contribution in [3.05, 3.63) is 35.5 Å². The summed E-state index contributed by atoms with van der Waals surface area (Å²) in [5, 5.41) is 12.2. The summed E-state index contributed by atoms with van der Waals surface area (Å²) in [6.07, 6.45) is 1.63. The number of aromatic nitrogens is 1. The maximum Gasteiger partial charge on any atom is 0.233 e. The fraction of sp³-hybridized carbons (Fsp3) is 0.357. The molecule has 0 aromatic carbocycles. The molecular weight excluding hydrogens is 258 g/mol. The lowest BCUT2D eigenvalue weighted by atomic mass is 10.1. The first-order valence-corrected chi connectivity index (χ1v) is 6.81. The summed E-state index contributed by atoms with van der Waals surface area (Å²) in [7, 11) is 0. The van der Waals surface area contributed by atoms with Gasteiger partial charge in [-0.05, 0) is 32.4 Å². The van der Waals surface area contributed by atoms with E-state index in [-0.39, 0.29) is 11.2 Å². The van der Waals surface area contributed by atoms with Crippen molar-refractivity contribution in [2.75, 3.05) is 6.54 Å². The molecule has 0 radical (unpaired) electrons. The minimum absolute atomic E-state index is 0.0882. The lowest BCUT2D eigenvalue weighted by molar-refractivity contribution is -0.120. The highest BCUT2D eigenvalue weighted by Crippen LogP contribution is 2.27. The van der Waals surface area contributed by atoms with Crippen LogP contribution in [0, 0.1) is 25.2 Å². The number of thioether (sulfide) groups is 1. The summed E-state index contributed by atoms with van der Waals surface area (Å²) < 4.78 is 0. The van der Waals surface area contributed by atoms with Crippen LogP contribution in [0.15, 0.2) is 23.7 Å². The SMILES string of the molecule is C=CCNC(=O)C(C)Sc1nc(C)cc(C)c1C#N. The first-order valence-electron chi connectivity index (χ1n) is 5.93. The van der Waals surface area contributed by atoms with Crippen LogP contribution in [0.4, 0.5) is 0 Å². The Morgan fingerprint density at radius 1 is 1.68 bits per heavy atom. The van der Waals surface area contributed by atoms with Gasteiger partial charge in [-0.25, -0.2) is 4.98 Å². The van der Waals surface area contributed by atoms with Crippen LogP contribution in [0.2, 0.25) is 0 Å². The van der Waals surface area contributed by atoms with Gasteiger partial charge in [-0.1, -0.05) is 17.8 Å². The number of amides is 1. The average molecular weight is 275 g/mol. The minimum atomic E-state index is -0.305. The summed E-state index contributed by atoms with van der Waals surface area (Å²) in [5.41, 5.74) is 2.27. The lowest BCUT2D eigenvalue weighted by Crippen LogP contribution is -2.31. The van der Waals surface area contributed by atoms with Crippen molar-refractivity contribution in [1.82, 2.24) is 10.3 Å². The van der Waals surface area contributed by atoms with E-state index in [0.29, 0.717) is 17.1 Å². The van der Waals surface area contributed by atoms with E-state index < -0.39 is 0 Å². The molecule has 0 aliphatic heterocycles. The maximum absolute atomic E-state index is 11.8. The Bertz CT molecular complexity index is 534. The van der Waals surface area contributed by atoms with Crippen LogP contribution in [0.5, 0.6) is 0 Å². The summed E-state index contributed by atoms with van der Waals surface area (Å²) in [4.78, 5) is 16.1. The fourth-order valence-electron chi connectivity index (χ4n) is 1.56. The molecule has 0 aliphatic carbocycles. The predicted molar refractivity (Wildman–Crippen MR) is 77.0 cm³/mol. The second-order valence-corrected chi connectivity index (χ2v) is 5.50. The van der Waals surface area contributed by atoms with Crippen LogP contribution in [-0.4, -0.2) is 22.7 Å². The Morgan fingerprint density at radius 2 is 2.37 bits per heavy atom. The van der Waals surface area contributed by atoms with Gasteiger partial charge >= 0.3 is 0 Å². The molecule has 5 heteroatoms.